The molecule has 0 aromatic rings. The number of amides is 1. The minimum absolute atomic E-state index is 0.208. The quantitative estimate of drug-likeness (QED) is 0.810. The Morgan fingerprint density at radius 3 is 2.60 bits per heavy atom. The van der Waals surface area contributed by atoms with Crippen LogP contribution in [0.3, 0.4) is 0 Å². The minimum Gasteiger partial charge on any atom is -0.381 e. The molecule has 0 aromatic carbocycles. The molecule has 0 aliphatic carbocycles. The lowest BCUT2D eigenvalue weighted by Gasteiger charge is -2.34. The standard InChI is InChI=1S/C16H30N2O2/c1-13(2)18-8-4-14(5-9-18)3-7-17-16(19)11-15-6-10-20-12-15/h13-15H,3-12H2,1-2H3,(H,17,19)/t15-/m1/s1. The van der Waals surface area contributed by atoms with Crippen molar-refractivity contribution in [2.24, 2.45) is 11.8 Å². The van der Waals surface area contributed by atoms with Crippen molar-refractivity contribution >= 4 is 5.91 Å². The van der Waals surface area contributed by atoms with Crippen molar-refractivity contribution in [3.63, 3.8) is 0 Å². The maximum atomic E-state index is 11.8. The van der Waals surface area contributed by atoms with Gasteiger partial charge in [0.1, 0.15) is 0 Å². The topological polar surface area (TPSA) is 41.6 Å². The van der Waals surface area contributed by atoms with Gasteiger partial charge < -0.3 is 15.0 Å². The second-order valence-corrected chi connectivity index (χ2v) is 6.65. The van der Waals surface area contributed by atoms with Gasteiger partial charge >= 0.3 is 0 Å². The molecule has 2 aliphatic rings. The number of hydrogen-bond acceptors (Lipinski definition) is 3. The highest BCUT2D eigenvalue weighted by atomic mass is 16.5. The maximum Gasteiger partial charge on any atom is 0.220 e. The van der Waals surface area contributed by atoms with E-state index in [9.17, 15) is 4.79 Å². The summed E-state index contributed by atoms with van der Waals surface area (Å²) in [5, 5.41) is 3.08. The first-order valence-electron chi connectivity index (χ1n) is 8.23. The van der Waals surface area contributed by atoms with E-state index in [-0.39, 0.29) is 5.91 Å². The zero-order valence-electron chi connectivity index (χ0n) is 13.1. The fourth-order valence-corrected chi connectivity index (χ4v) is 3.25. The van der Waals surface area contributed by atoms with Gasteiger partial charge in [-0.25, -0.2) is 0 Å². The molecule has 4 nitrogen and oxygen atoms in total. The van der Waals surface area contributed by atoms with Crippen molar-refractivity contribution in [3.8, 4) is 0 Å². The number of nitrogens with one attached hydrogen (secondary N) is 1. The van der Waals surface area contributed by atoms with E-state index in [4.69, 9.17) is 4.74 Å². The lowest BCUT2D eigenvalue weighted by Crippen LogP contribution is -2.39. The molecule has 20 heavy (non-hydrogen) atoms. The highest BCUT2D eigenvalue weighted by Gasteiger charge is 2.21. The van der Waals surface area contributed by atoms with Crippen LogP contribution in [0.1, 0.15) is 46.0 Å². The van der Waals surface area contributed by atoms with E-state index in [1.807, 2.05) is 0 Å². The van der Waals surface area contributed by atoms with Crippen LogP contribution in [0.2, 0.25) is 0 Å². The molecule has 2 saturated heterocycles. The zero-order valence-corrected chi connectivity index (χ0v) is 13.1. The number of hydrogen-bond donors (Lipinski definition) is 1. The average Bonchev–Trinajstić information content (AvgIpc) is 2.92. The fraction of sp³-hybridized carbons (Fsp3) is 0.938. The molecule has 0 radical (unpaired) electrons. The van der Waals surface area contributed by atoms with Crippen LogP contribution in [-0.4, -0.2) is 49.7 Å². The van der Waals surface area contributed by atoms with Crippen molar-refractivity contribution in [1.82, 2.24) is 10.2 Å². The summed E-state index contributed by atoms with van der Waals surface area (Å²) in [6.45, 7) is 9.41. The predicted molar refractivity (Wildman–Crippen MR) is 80.6 cm³/mol. The van der Waals surface area contributed by atoms with Crippen molar-refractivity contribution in [2.45, 2.75) is 52.0 Å². The van der Waals surface area contributed by atoms with E-state index in [0.717, 1.165) is 38.5 Å². The van der Waals surface area contributed by atoms with Gasteiger partial charge in [-0.3, -0.25) is 4.79 Å². The van der Waals surface area contributed by atoms with Crippen molar-refractivity contribution in [3.05, 3.63) is 0 Å². The maximum absolute atomic E-state index is 11.8. The molecular weight excluding hydrogens is 252 g/mol. The molecule has 2 rings (SSSR count). The van der Waals surface area contributed by atoms with Gasteiger partial charge in [-0.15, -0.1) is 0 Å². The Morgan fingerprint density at radius 2 is 2.00 bits per heavy atom. The number of likely N-dealkylation sites (tertiary alicyclic amines) is 1. The summed E-state index contributed by atoms with van der Waals surface area (Å²) < 4.78 is 5.30. The van der Waals surface area contributed by atoms with Crippen LogP contribution in [0.5, 0.6) is 0 Å². The van der Waals surface area contributed by atoms with Gasteiger partial charge in [0.05, 0.1) is 0 Å². The van der Waals surface area contributed by atoms with E-state index in [1.54, 1.807) is 0 Å². The summed E-state index contributed by atoms with van der Waals surface area (Å²) in [7, 11) is 0. The van der Waals surface area contributed by atoms with Gasteiger partial charge in [0.2, 0.25) is 5.91 Å². The number of piperidine rings is 1. The molecule has 1 amide bonds. The Kier molecular flexibility index (Phi) is 6.30. The summed E-state index contributed by atoms with van der Waals surface area (Å²) in [6.07, 6.45) is 5.39. The predicted octanol–water partition coefficient (Wildman–Crippen LogP) is 2.04. The van der Waals surface area contributed by atoms with Crippen molar-refractivity contribution in [1.29, 1.82) is 0 Å². The van der Waals surface area contributed by atoms with Crippen LogP contribution >= 0.6 is 0 Å². The first-order chi connectivity index (χ1) is 9.65. The van der Waals surface area contributed by atoms with E-state index in [2.05, 4.69) is 24.1 Å². The Labute approximate surface area is 123 Å². The molecule has 0 saturated carbocycles. The molecule has 0 aromatic heterocycles. The van der Waals surface area contributed by atoms with Crippen LogP contribution in [0.4, 0.5) is 0 Å². The Bertz CT molecular complexity index is 293. The van der Waals surface area contributed by atoms with E-state index < -0.39 is 0 Å². The van der Waals surface area contributed by atoms with Gasteiger partial charge in [0.15, 0.2) is 0 Å². The number of ether oxygens (including phenoxy) is 1. The summed E-state index contributed by atoms with van der Waals surface area (Å²) in [5.74, 6) is 1.45. The van der Waals surface area contributed by atoms with E-state index >= 15 is 0 Å². The molecule has 116 valence electrons. The SMILES string of the molecule is CC(C)N1CCC(CCNC(=O)C[C@H]2CCOC2)CC1. The molecule has 2 heterocycles. The highest BCUT2D eigenvalue weighted by molar-refractivity contribution is 5.76. The third kappa shape index (κ3) is 5.06. The highest BCUT2D eigenvalue weighted by Crippen LogP contribution is 2.21. The zero-order chi connectivity index (χ0) is 14.4. The number of rotatable bonds is 6. The lowest BCUT2D eigenvalue weighted by atomic mass is 9.93. The van der Waals surface area contributed by atoms with Crippen LogP contribution < -0.4 is 5.32 Å². The first-order valence-corrected chi connectivity index (χ1v) is 8.23. The normalized spacial score (nSPS) is 25.2. The molecule has 0 bridgehead atoms. The molecule has 1 N–H and O–H groups in total. The molecule has 0 unspecified atom stereocenters. The van der Waals surface area contributed by atoms with Gasteiger partial charge in [0, 0.05) is 32.2 Å². The van der Waals surface area contributed by atoms with Crippen molar-refractivity contribution in [2.75, 3.05) is 32.8 Å². The van der Waals surface area contributed by atoms with Gasteiger partial charge in [0.25, 0.3) is 0 Å². The summed E-state index contributed by atoms with van der Waals surface area (Å²) in [4.78, 5) is 14.4. The van der Waals surface area contributed by atoms with E-state index in [1.165, 1.54) is 25.9 Å². The lowest BCUT2D eigenvalue weighted by molar-refractivity contribution is -0.122. The molecular formula is C16H30N2O2. The number of carbonyl (C=O) groups is 1. The fourth-order valence-electron chi connectivity index (χ4n) is 3.25. The van der Waals surface area contributed by atoms with Crippen LogP contribution in [0, 0.1) is 11.8 Å². The number of carbonyl (C=O) groups excluding carboxylic acids is 1. The van der Waals surface area contributed by atoms with Crippen molar-refractivity contribution < 1.29 is 9.53 Å². The van der Waals surface area contributed by atoms with Crippen LogP contribution in [0.15, 0.2) is 0 Å². The monoisotopic (exact) mass is 282 g/mol. The third-order valence-corrected chi connectivity index (χ3v) is 4.75. The summed E-state index contributed by atoms with van der Waals surface area (Å²) in [6, 6.07) is 0.671. The minimum atomic E-state index is 0.208. The van der Waals surface area contributed by atoms with E-state index in [0.29, 0.717) is 18.4 Å². The average molecular weight is 282 g/mol. The van der Waals surface area contributed by atoms with Gasteiger partial charge in [-0.2, -0.15) is 0 Å². The molecule has 2 fully saturated rings. The Balaban J connectivity index is 1.53. The third-order valence-electron chi connectivity index (χ3n) is 4.75. The summed E-state index contributed by atoms with van der Waals surface area (Å²) >= 11 is 0. The largest absolute Gasteiger partial charge is 0.381 e. The molecule has 4 heteroatoms. The smallest absolute Gasteiger partial charge is 0.220 e. The first kappa shape index (κ1) is 15.8. The van der Waals surface area contributed by atoms with Gasteiger partial charge in [-0.1, -0.05) is 0 Å². The Hall–Kier alpha value is -0.610. The van der Waals surface area contributed by atoms with Crippen LogP contribution in [0.25, 0.3) is 0 Å². The van der Waals surface area contributed by atoms with Crippen LogP contribution in [-0.2, 0) is 9.53 Å². The van der Waals surface area contributed by atoms with Gasteiger partial charge in [-0.05, 0) is 64.5 Å². The molecule has 2 aliphatic heterocycles. The second kappa shape index (κ2) is 7.99. The molecule has 1 atom stereocenters. The second-order valence-electron chi connectivity index (χ2n) is 6.65. The molecule has 0 spiro atoms. The summed E-state index contributed by atoms with van der Waals surface area (Å²) in [5.41, 5.74) is 0. The Morgan fingerprint density at radius 1 is 1.25 bits per heavy atom. The number of nitrogens with zero attached hydrogens (tertiary/aromatic N) is 1.